The zero-order valence-electron chi connectivity index (χ0n) is 22.2. The summed E-state index contributed by atoms with van der Waals surface area (Å²) < 4.78 is 5.41. The topological polar surface area (TPSA) is 101 Å². The van der Waals surface area contributed by atoms with E-state index in [0.717, 1.165) is 30.7 Å². The number of unbranched alkanes of at least 4 members (excludes halogenated alkanes) is 2. The Hall–Kier alpha value is -2.37. The zero-order chi connectivity index (χ0) is 26.2. The van der Waals surface area contributed by atoms with Crippen LogP contribution in [0.1, 0.15) is 136 Å². The second-order valence-corrected chi connectivity index (χ2v) is 9.82. The number of rotatable bonds is 19. The minimum absolute atomic E-state index is 0.115. The summed E-state index contributed by atoms with van der Waals surface area (Å²) in [5.41, 5.74) is -0.643. The van der Waals surface area contributed by atoms with Crippen molar-refractivity contribution in [3.05, 3.63) is 34.9 Å². The molecule has 6 heteroatoms. The van der Waals surface area contributed by atoms with Crippen LogP contribution in [-0.4, -0.2) is 34.7 Å². The molecule has 0 radical (unpaired) electrons. The van der Waals surface area contributed by atoms with Gasteiger partial charge in [0, 0.05) is 0 Å². The van der Waals surface area contributed by atoms with Crippen molar-refractivity contribution in [1.82, 2.24) is 0 Å². The average Bonchev–Trinajstić information content (AvgIpc) is 2.85. The molecule has 2 unspecified atom stereocenters. The molecule has 1 aromatic rings. The molecule has 0 heterocycles. The Kier molecular flexibility index (Phi) is 15.0. The van der Waals surface area contributed by atoms with Crippen LogP contribution in [0.2, 0.25) is 0 Å². The molecule has 0 aromatic heterocycles. The van der Waals surface area contributed by atoms with Crippen LogP contribution in [0.3, 0.4) is 0 Å². The summed E-state index contributed by atoms with van der Waals surface area (Å²) in [6.07, 6.45) is 14.1. The van der Waals surface area contributed by atoms with E-state index in [4.69, 9.17) is 9.84 Å². The Morgan fingerprint density at radius 2 is 1.29 bits per heavy atom. The quantitative estimate of drug-likeness (QED) is 0.151. The first-order valence-electron chi connectivity index (χ1n) is 13.5. The molecule has 0 spiro atoms. The van der Waals surface area contributed by atoms with Crippen LogP contribution in [0.4, 0.5) is 0 Å². The van der Waals surface area contributed by atoms with Crippen molar-refractivity contribution in [3.63, 3.8) is 0 Å². The second kappa shape index (κ2) is 17.1. The van der Waals surface area contributed by atoms with Crippen LogP contribution in [0.25, 0.3) is 0 Å². The minimum atomic E-state index is -1.35. The Balaban J connectivity index is 2.76. The van der Waals surface area contributed by atoms with E-state index >= 15 is 0 Å². The molecule has 1 rings (SSSR count). The van der Waals surface area contributed by atoms with Crippen LogP contribution in [0, 0.1) is 17.8 Å². The van der Waals surface area contributed by atoms with Gasteiger partial charge in [0.2, 0.25) is 0 Å². The Morgan fingerprint density at radius 1 is 0.743 bits per heavy atom. The van der Waals surface area contributed by atoms with Crippen LogP contribution < -0.4 is 0 Å². The molecular formula is C29H46O6. The molecule has 35 heavy (non-hydrogen) atoms. The van der Waals surface area contributed by atoms with Gasteiger partial charge in [-0.15, -0.1) is 0 Å². The summed E-state index contributed by atoms with van der Waals surface area (Å²) in [6.45, 7) is 9.27. The van der Waals surface area contributed by atoms with Crippen molar-refractivity contribution >= 4 is 17.9 Å². The summed E-state index contributed by atoms with van der Waals surface area (Å²) in [7, 11) is 0. The van der Waals surface area contributed by atoms with Gasteiger partial charge in [-0.25, -0.2) is 14.4 Å². The van der Waals surface area contributed by atoms with Crippen LogP contribution in [-0.2, 0) is 4.74 Å². The molecule has 2 atom stereocenters. The fraction of sp³-hybridized carbons (Fsp3) is 0.690. The van der Waals surface area contributed by atoms with Gasteiger partial charge in [-0.1, -0.05) is 79.1 Å². The number of ether oxygens (including phenoxy) is 1. The number of benzene rings is 1. The lowest BCUT2D eigenvalue weighted by molar-refractivity contribution is 0.0479. The van der Waals surface area contributed by atoms with E-state index in [1.54, 1.807) is 0 Å². The third-order valence-corrected chi connectivity index (χ3v) is 7.13. The number of aromatic carboxylic acids is 2. The predicted molar refractivity (Wildman–Crippen MR) is 139 cm³/mol. The molecule has 6 nitrogen and oxygen atoms in total. The van der Waals surface area contributed by atoms with Crippen LogP contribution in [0.15, 0.2) is 18.2 Å². The highest BCUT2D eigenvalue weighted by atomic mass is 16.5. The molecule has 198 valence electrons. The van der Waals surface area contributed by atoms with Crippen molar-refractivity contribution in [2.24, 2.45) is 17.8 Å². The zero-order valence-corrected chi connectivity index (χ0v) is 22.2. The van der Waals surface area contributed by atoms with Gasteiger partial charge >= 0.3 is 17.9 Å². The molecule has 0 aliphatic rings. The van der Waals surface area contributed by atoms with Crippen molar-refractivity contribution in [2.45, 2.75) is 105 Å². The highest BCUT2D eigenvalue weighted by molar-refractivity contribution is 6.04. The van der Waals surface area contributed by atoms with E-state index in [1.165, 1.54) is 76.3 Å². The summed E-state index contributed by atoms with van der Waals surface area (Å²) >= 11 is 0. The smallest absolute Gasteiger partial charge is 0.339 e. The predicted octanol–water partition coefficient (Wildman–Crippen LogP) is 7.85. The van der Waals surface area contributed by atoms with Crippen molar-refractivity contribution in [3.8, 4) is 0 Å². The van der Waals surface area contributed by atoms with Crippen molar-refractivity contribution in [2.75, 3.05) is 6.61 Å². The molecule has 0 fully saturated rings. The summed E-state index contributed by atoms with van der Waals surface area (Å²) in [5.74, 6) is -1.25. The number of carbonyl (C=O) groups is 3. The number of carboxylic acids is 2. The van der Waals surface area contributed by atoms with Crippen LogP contribution >= 0.6 is 0 Å². The Labute approximate surface area is 211 Å². The maximum absolute atomic E-state index is 12.5. The molecular weight excluding hydrogens is 444 g/mol. The van der Waals surface area contributed by atoms with Crippen molar-refractivity contribution in [1.29, 1.82) is 0 Å². The van der Waals surface area contributed by atoms with Gasteiger partial charge in [-0.2, -0.15) is 0 Å². The normalized spacial score (nSPS) is 13.7. The Bertz CT molecular complexity index is 769. The van der Waals surface area contributed by atoms with E-state index in [1.807, 2.05) is 0 Å². The first-order chi connectivity index (χ1) is 16.8. The highest BCUT2D eigenvalue weighted by Gasteiger charge is 2.22. The van der Waals surface area contributed by atoms with Crippen LogP contribution in [0.5, 0.6) is 0 Å². The molecule has 2 N–H and O–H groups in total. The number of carboxylic acid groups (broad SMARTS) is 2. The van der Waals surface area contributed by atoms with E-state index in [2.05, 4.69) is 27.7 Å². The largest absolute Gasteiger partial charge is 0.478 e. The van der Waals surface area contributed by atoms with Gasteiger partial charge in [0.15, 0.2) is 0 Å². The SMILES string of the molecule is CCCCC(CC)CC(CCCOC(=O)c1ccc(C(=O)O)cc1C(=O)O)CC(CC)CCCC. The summed E-state index contributed by atoms with van der Waals surface area (Å²) in [6, 6.07) is 3.45. The molecule has 0 aliphatic carbocycles. The van der Waals surface area contributed by atoms with Crippen molar-refractivity contribution < 1.29 is 29.3 Å². The lowest BCUT2D eigenvalue weighted by Crippen LogP contribution is -2.16. The summed E-state index contributed by atoms with van der Waals surface area (Å²) in [5, 5.41) is 18.5. The molecule has 0 bridgehead atoms. The van der Waals surface area contributed by atoms with Gasteiger partial charge in [-0.05, 0) is 61.6 Å². The first-order valence-corrected chi connectivity index (χ1v) is 13.5. The molecule has 0 amide bonds. The molecule has 1 aromatic carbocycles. The number of hydrogen-bond acceptors (Lipinski definition) is 4. The Morgan fingerprint density at radius 3 is 1.74 bits per heavy atom. The molecule has 0 saturated carbocycles. The molecule has 0 saturated heterocycles. The first kappa shape index (κ1) is 30.7. The number of hydrogen-bond donors (Lipinski definition) is 2. The molecule has 0 aliphatic heterocycles. The standard InChI is InChI=1S/C29H46O6/c1-5-9-12-21(7-3)18-23(19-22(8-4)13-10-6-2)14-11-17-35-29(34)25-16-15-24(27(30)31)20-26(25)28(32)33/h15-16,20-23H,5-14,17-19H2,1-4H3,(H,30,31)(H,32,33). The summed E-state index contributed by atoms with van der Waals surface area (Å²) in [4.78, 5) is 35.2. The van der Waals surface area contributed by atoms with Gasteiger partial charge in [-0.3, -0.25) is 0 Å². The van der Waals surface area contributed by atoms with E-state index < -0.39 is 17.9 Å². The maximum atomic E-state index is 12.5. The third kappa shape index (κ3) is 11.3. The number of carbonyl (C=O) groups excluding carboxylic acids is 1. The minimum Gasteiger partial charge on any atom is -0.478 e. The fourth-order valence-corrected chi connectivity index (χ4v) is 4.88. The van der Waals surface area contributed by atoms with E-state index in [-0.39, 0.29) is 23.3 Å². The lowest BCUT2D eigenvalue weighted by atomic mass is 9.80. The monoisotopic (exact) mass is 490 g/mol. The number of esters is 1. The highest BCUT2D eigenvalue weighted by Crippen LogP contribution is 2.32. The second-order valence-electron chi connectivity index (χ2n) is 9.82. The average molecular weight is 491 g/mol. The lowest BCUT2D eigenvalue weighted by Gasteiger charge is -2.27. The fourth-order valence-electron chi connectivity index (χ4n) is 4.88. The van der Waals surface area contributed by atoms with E-state index in [9.17, 15) is 19.5 Å². The van der Waals surface area contributed by atoms with Gasteiger partial charge in [0.1, 0.15) is 0 Å². The van der Waals surface area contributed by atoms with E-state index in [0.29, 0.717) is 5.92 Å². The maximum Gasteiger partial charge on any atom is 0.339 e. The third-order valence-electron chi connectivity index (χ3n) is 7.13. The van der Waals surface area contributed by atoms with Gasteiger partial charge in [0.25, 0.3) is 0 Å². The van der Waals surface area contributed by atoms with Gasteiger partial charge < -0.3 is 14.9 Å². The van der Waals surface area contributed by atoms with Gasteiger partial charge in [0.05, 0.1) is 23.3 Å².